The van der Waals surface area contributed by atoms with Gasteiger partial charge in [0.1, 0.15) is 4.33 Å². The Labute approximate surface area is 98.4 Å². The molecule has 1 aromatic carbocycles. The lowest BCUT2D eigenvalue weighted by atomic mass is 9.97. The van der Waals surface area contributed by atoms with Gasteiger partial charge in [-0.15, -0.1) is 23.2 Å². The number of nitrogens with two attached hydrogens (primary N) is 1. The van der Waals surface area contributed by atoms with Crippen LogP contribution in [0.15, 0.2) is 24.3 Å². The average molecular weight is 244 g/mol. The molecule has 1 unspecified atom stereocenters. The second-order valence-corrected chi connectivity index (χ2v) is 5.64. The summed E-state index contributed by atoms with van der Waals surface area (Å²) in [5.74, 6) is -0.425. The molecular weight excluding hydrogens is 233 g/mol. The fraction of sp³-hybridized carbons (Fsp3) is 0.364. The van der Waals surface area contributed by atoms with E-state index in [2.05, 4.69) is 0 Å². The molecule has 15 heavy (non-hydrogen) atoms. The Hall–Kier alpha value is -0.730. The van der Waals surface area contributed by atoms with Crippen LogP contribution in [0, 0.1) is 0 Å². The zero-order chi connectivity index (χ0) is 11.3. The van der Waals surface area contributed by atoms with Gasteiger partial charge in [0.15, 0.2) is 0 Å². The monoisotopic (exact) mass is 243 g/mol. The minimum absolute atomic E-state index is 0.202. The number of hydrogen-bond acceptors (Lipinski definition) is 1. The first-order valence-corrected chi connectivity index (χ1v) is 5.41. The van der Waals surface area contributed by atoms with Crippen LogP contribution >= 0.6 is 23.2 Å². The molecule has 0 aromatic heterocycles. The third-order valence-electron chi connectivity index (χ3n) is 3.06. The van der Waals surface area contributed by atoms with Crippen molar-refractivity contribution in [3.63, 3.8) is 0 Å². The van der Waals surface area contributed by atoms with Crippen molar-refractivity contribution in [3.8, 4) is 0 Å². The Bertz CT molecular complexity index is 413. The van der Waals surface area contributed by atoms with E-state index in [4.69, 9.17) is 28.9 Å². The van der Waals surface area contributed by atoms with Gasteiger partial charge >= 0.3 is 0 Å². The molecule has 80 valence electrons. The number of benzene rings is 1. The lowest BCUT2D eigenvalue weighted by molar-refractivity contribution is 0.100. The number of carbonyl (C=O) groups is 1. The zero-order valence-electron chi connectivity index (χ0n) is 8.26. The maximum Gasteiger partial charge on any atom is 0.248 e. The van der Waals surface area contributed by atoms with Gasteiger partial charge in [-0.05, 0) is 24.1 Å². The van der Waals surface area contributed by atoms with Crippen molar-refractivity contribution in [3.05, 3.63) is 35.4 Å². The largest absolute Gasteiger partial charge is 0.366 e. The first-order chi connectivity index (χ1) is 6.87. The molecule has 0 bridgehead atoms. The molecule has 1 atom stereocenters. The summed E-state index contributed by atoms with van der Waals surface area (Å²) < 4.78 is -0.679. The van der Waals surface area contributed by atoms with Gasteiger partial charge in [-0.25, -0.2) is 0 Å². The molecule has 2 rings (SSSR count). The Balaban J connectivity index is 2.30. The van der Waals surface area contributed by atoms with Crippen LogP contribution in [0.25, 0.3) is 0 Å². The van der Waals surface area contributed by atoms with Gasteiger partial charge < -0.3 is 5.73 Å². The summed E-state index contributed by atoms with van der Waals surface area (Å²) in [4.78, 5) is 10.9. The molecule has 1 saturated carbocycles. The highest BCUT2D eigenvalue weighted by molar-refractivity contribution is 6.52. The number of amides is 1. The van der Waals surface area contributed by atoms with Crippen LogP contribution in [-0.2, 0) is 5.41 Å². The second kappa shape index (κ2) is 3.13. The standard InChI is InChI=1S/C11H11Cl2NO/c1-10(6-11(10,12)13)8-4-2-7(3-5-8)9(14)15/h2-5H,6H2,1H3,(H2,14,15). The van der Waals surface area contributed by atoms with E-state index in [0.717, 1.165) is 12.0 Å². The van der Waals surface area contributed by atoms with Crippen LogP contribution in [0.4, 0.5) is 0 Å². The van der Waals surface area contributed by atoms with Crippen LogP contribution in [-0.4, -0.2) is 10.2 Å². The summed E-state index contributed by atoms with van der Waals surface area (Å²) in [5, 5.41) is 0. The molecule has 1 aliphatic carbocycles. The highest BCUT2D eigenvalue weighted by Gasteiger charge is 2.63. The van der Waals surface area contributed by atoms with Gasteiger partial charge in [0.05, 0.1) is 0 Å². The number of rotatable bonds is 2. The van der Waals surface area contributed by atoms with Gasteiger partial charge in [-0.1, -0.05) is 19.1 Å². The molecule has 0 aliphatic heterocycles. The van der Waals surface area contributed by atoms with Gasteiger partial charge in [0.2, 0.25) is 5.91 Å². The zero-order valence-corrected chi connectivity index (χ0v) is 9.77. The van der Waals surface area contributed by atoms with Gasteiger partial charge in [-0.2, -0.15) is 0 Å². The van der Waals surface area contributed by atoms with E-state index in [0.29, 0.717) is 5.56 Å². The minimum atomic E-state index is -0.679. The second-order valence-electron chi connectivity index (χ2n) is 4.15. The molecule has 1 fully saturated rings. The molecule has 2 nitrogen and oxygen atoms in total. The molecule has 0 spiro atoms. The van der Waals surface area contributed by atoms with E-state index in [1.807, 2.05) is 19.1 Å². The summed E-state index contributed by atoms with van der Waals surface area (Å²) in [6, 6.07) is 7.11. The third kappa shape index (κ3) is 1.62. The fourth-order valence-electron chi connectivity index (χ4n) is 1.72. The highest BCUT2D eigenvalue weighted by Crippen LogP contribution is 2.64. The highest BCUT2D eigenvalue weighted by atomic mass is 35.5. The molecular formula is C11H11Cl2NO. The molecule has 4 heteroatoms. The van der Waals surface area contributed by atoms with Crippen molar-refractivity contribution in [2.45, 2.75) is 23.1 Å². The lowest BCUT2D eigenvalue weighted by Crippen LogP contribution is -2.13. The normalized spacial score (nSPS) is 27.4. The molecule has 0 saturated heterocycles. The van der Waals surface area contributed by atoms with Gasteiger partial charge in [-0.3, -0.25) is 4.79 Å². The van der Waals surface area contributed by atoms with Crippen molar-refractivity contribution < 1.29 is 4.79 Å². The topological polar surface area (TPSA) is 43.1 Å². The first-order valence-electron chi connectivity index (χ1n) is 4.65. The fourth-order valence-corrected chi connectivity index (χ4v) is 2.47. The lowest BCUT2D eigenvalue weighted by Gasteiger charge is -2.12. The average Bonchev–Trinajstić information content (AvgIpc) is 2.67. The first kappa shape index (κ1) is 10.8. The van der Waals surface area contributed by atoms with Crippen LogP contribution in [0.5, 0.6) is 0 Å². The van der Waals surface area contributed by atoms with E-state index in [-0.39, 0.29) is 5.41 Å². The van der Waals surface area contributed by atoms with E-state index in [9.17, 15) is 4.79 Å². The van der Waals surface area contributed by atoms with E-state index in [1.54, 1.807) is 12.1 Å². The quantitative estimate of drug-likeness (QED) is 0.798. The SMILES string of the molecule is CC1(c2ccc(C(N)=O)cc2)CC1(Cl)Cl. The van der Waals surface area contributed by atoms with Crippen molar-refractivity contribution in [2.24, 2.45) is 5.73 Å². The predicted molar refractivity (Wildman–Crippen MR) is 61.4 cm³/mol. The number of halogens is 2. The maximum atomic E-state index is 10.9. The van der Waals surface area contributed by atoms with Crippen molar-refractivity contribution in [1.29, 1.82) is 0 Å². The summed E-state index contributed by atoms with van der Waals surface area (Å²) in [7, 11) is 0. The summed E-state index contributed by atoms with van der Waals surface area (Å²) >= 11 is 12.1. The number of primary amides is 1. The summed E-state index contributed by atoms with van der Waals surface area (Å²) in [5.41, 5.74) is 6.49. The molecule has 1 aromatic rings. The number of hydrogen-bond donors (Lipinski definition) is 1. The Morgan fingerprint density at radius 2 is 1.80 bits per heavy atom. The molecule has 1 amide bonds. The maximum absolute atomic E-state index is 10.9. The Morgan fingerprint density at radius 1 is 1.33 bits per heavy atom. The Kier molecular flexibility index (Phi) is 2.25. The molecule has 2 N–H and O–H groups in total. The van der Waals surface area contributed by atoms with Crippen LogP contribution in [0.3, 0.4) is 0 Å². The summed E-state index contributed by atoms with van der Waals surface area (Å²) in [6.07, 6.45) is 0.735. The summed E-state index contributed by atoms with van der Waals surface area (Å²) in [6.45, 7) is 2.01. The Morgan fingerprint density at radius 3 is 2.13 bits per heavy atom. The smallest absolute Gasteiger partial charge is 0.248 e. The van der Waals surface area contributed by atoms with E-state index in [1.165, 1.54) is 0 Å². The number of alkyl halides is 2. The van der Waals surface area contributed by atoms with Crippen LogP contribution < -0.4 is 5.73 Å². The van der Waals surface area contributed by atoms with Crippen molar-refractivity contribution in [1.82, 2.24) is 0 Å². The van der Waals surface area contributed by atoms with Crippen LogP contribution in [0.1, 0.15) is 29.3 Å². The van der Waals surface area contributed by atoms with Gasteiger partial charge in [0, 0.05) is 11.0 Å². The number of carbonyl (C=O) groups excluding carboxylic acids is 1. The third-order valence-corrected chi connectivity index (χ3v) is 4.17. The van der Waals surface area contributed by atoms with Crippen molar-refractivity contribution in [2.75, 3.05) is 0 Å². The van der Waals surface area contributed by atoms with Gasteiger partial charge in [0.25, 0.3) is 0 Å². The molecule has 0 heterocycles. The molecule has 1 aliphatic rings. The van der Waals surface area contributed by atoms with Crippen molar-refractivity contribution >= 4 is 29.1 Å². The predicted octanol–water partition coefficient (Wildman–Crippen LogP) is 2.62. The van der Waals surface area contributed by atoms with Crippen LogP contribution in [0.2, 0.25) is 0 Å². The molecule has 0 radical (unpaired) electrons. The van der Waals surface area contributed by atoms with E-state index < -0.39 is 10.2 Å². The minimum Gasteiger partial charge on any atom is -0.366 e. The van der Waals surface area contributed by atoms with E-state index >= 15 is 0 Å².